The fraction of sp³-hybridized carbons (Fsp3) is 0.217. The van der Waals surface area contributed by atoms with Crippen LogP contribution < -0.4 is 10.1 Å². The van der Waals surface area contributed by atoms with E-state index in [0.717, 1.165) is 34.9 Å². The zero-order valence-electron chi connectivity index (χ0n) is 15.8. The number of rotatable bonds is 8. The number of nitrogens with one attached hydrogen (secondary N) is 1. The molecule has 0 saturated heterocycles. The largest absolute Gasteiger partial charge is 0.493 e. The van der Waals surface area contributed by atoms with E-state index in [1.54, 1.807) is 24.5 Å². The SMILES string of the molecule is CCCCOc1ccc(/C=C(\C#N)C(=O)NCc2ccco2)c2ccccc12. The summed E-state index contributed by atoms with van der Waals surface area (Å²) >= 11 is 0. The Morgan fingerprint density at radius 3 is 2.71 bits per heavy atom. The van der Waals surface area contributed by atoms with E-state index in [1.807, 2.05) is 42.5 Å². The smallest absolute Gasteiger partial charge is 0.262 e. The Balaban J connectivity index is 1.86. The van der Waals surface area contributed by atoms with Crippen LogP contribution in [0.5, 0.6) is 5.75 Å². The van der Waals surface area contributed by atoms with Crippen molar-refractivity contribution in [3.05, 3.63) is 71.7 Å². The highest BCUT2D eigenvalue weighted by Gasteiger charge is 2.12. The van der Waals surface area contributed by atoms with E-state index in [4.69, 9.17) is 9.15 Å². The molecular formula is C23H22N2O3. The molecule has 0 saturated carbocycles. The van der Waals surface area contributed by atoms with Crippen LogP contribution in [0.4, 0.5) is 0 Å². The molecule has 2 aromatic carbocycles. The standard InChI is InChI=1S/C23H22N2O3/c1-2-3-12-28-22-11-10-17(20-8-4-5-9-21(20)22)14-18(15-24)23(26)25-16-19-7-6-13-27-19/h4-11,13-14H,2-3,12,16H2,1H3,(H,25,26)/b18-14+. The number of ether oxygens (including phenoxy) is 1. The molecule has 3 aromatic rings. The van der Waals surface area contributed by atoms with Gasteiger partial charge in [-0.05, 0) is 41.6 Å². The number of nitrogens with zero attached hydrogens (tertiary/aromatic N) is 1. The number of amides is 1. The van der Waals surface area contributed by atoms with E-state index >= 15 is 0 Å². The van der Waals surface area contributed by atoms with Gasteiger partial charge in [0.15, 0.2) is 0 Å². The number of furan rings is 1. The third-order valence-electron chi connectivity index (χ3n) is 4.34. The van der Waals surface area contributed by atoms with Crippen molar-refractivity contribution in [2.75, 3.05) is 6.61 Å². The van der Waals surface area contributed by atoms with Crippen LogP contribution in [-0.2, 0) is 11.3 Å². The summed E-state index contributed by atoms with van der Waals surface area (Å²) in [6.45, 7) is 3.01. The van der Waals surface area contributed by atoms with Gasteiger partial charge < -0.3 is 14.5 Å². The van der Waals surface area contributed by atoms with Crippen molar-refractivity contribution in [3.8, 4) is 11.8 Å². The number of unbranched alkanes of at least 4 members (excludes halogenated alkanes) is 1. The quantitative estimate of drug-likeness (QED) is 0.348. The molecule has 0 unspecified atom stereocenters. The summed E-state index contributed by atoms with van der Waals surface area (Å²) < 4.78 is 11.1. The number of hydrogen-bond donors (Lipinski definition) is 1. The van der Waals surface area contributed by atoms with Crippen molar-refractivity contribution < 1.29 is 13.9 Å². The molecule has 1 N–H and O–H groups in total. The Bertz CT molecular complexity index is 1010. The van der Waals surface area contributed by atoms with Crippen LogP contribution >= 0.6 is 0 Å². The average Bonchev–Trinajstić information content (AvgIpc) is 3.25. The van der Waals surface area contributed by atoms with Crippen molar-refractivity contribution in [1.82, 2.24) is 5.32 Å². The van der Waals surface area contributed by atoms with Crippen molar-refractivity contribution >= 4 is 22.8 Å². The second-order valence-electron chi connectivity index (χ2n) is 6.33. The van der Waals surface area contributed by atoms with Gasteiger partial charge in [-0.15, -0.1) is 0 Å². The summed E-state index contributed by atoms with van der Waals surface area (Å²) in [5, 5.41) is 14.1. The molecule has 1 amide bonds. The lowest BCUT2D eigenvalue weighted by Gasteiger charge is -2.11. The van der Waals surface area contributed by atoms with E-state index in [-0.39, 0.29) is 12.1 Å². The monoisotopic (exact) mass is 374 g/mol. The molecule has 5 heteroatoms. The third kappa shape index (κ3) is 4.60. The molecular weight excluding hydrogens is 352 g/mol. The second kappa shape index (κ2) is 9.43. The van der Waals surface area contributed by atoms with E-state index in [9.17, 15) is 10.1 Å². The van der Waals surface area contributed by atoms with Crippen LogP contribution in [0.3, 0.4) is 0 Å². The van der Waals surface area contributed by atoms with Crippen molar-refractivity contribution in [2.24, 2.45) is 0 Å². The van der Waals surface area contributed by atoms with Gasteiger partial charge in [-0.3, -0.25) is 4.79 Å². The molecule has 1 aromatic heterocycles. The van der Waals surface area contributed by atoms with E-state index < -0.39 is 5.91 Å². The Morgan fingerprint density at radius 1 is 1.18 bits per heavy atom. The van der Waals surface area contributed by atoms with Crippen LogP contribution in [0.2, 0.25) is 0 Å². The maximum absolute atomic E-state index is 12.4. The van der Waals surface area contributed by atoms with Crippen LogP contribution in [0.15, 0.2) is 64.8 Å². The topological polar surface area (TPSA) is 75.3 Å². The molecule has 0 spiro atoms. The maximum Gasteiger partial charge on any atom is 0.262 e. The zero-order chi connectivity index (χ0) is 19.8. The van der Waals surface area contributed by atoms with Crippen LogP contribution in [0.1, 0.15) is 31.1 Å². The third-order valence-corrected chi connectivity index (χ3v) is 4.34. The first-order valence-electron chi connectivity index (χ1n) is 9.30. The Labute approximate surface area is 164 Å². The summed E-state index contributed by atoms with van der Waals surface area (Å²) in [4.78, 5) is 12.4. The molecule has 1 heterocycles. The molecule has 28 heavy (non-hydrogen) atoms. The molecule has 142 valence electrons. The van der Waals surface area contributed by atoms with Gasteiger partial charge in [-0.25, -0.2) is 0 Å². The van der Waals surface area contributed by atoms with Crippen LogP contribution in [-0.4, -0.2) is 12.5 Å². The lowest BCUT2D eigenvalue weighted by atomic mass is 10.0. The molecule has 0 aliphatic heterocycles. The summed E-state index contributed by atoms with van der Waals surface area (Å²) in [5.74, 6) is 0.998. The van der Waals surface area contributed by atoms with E-state index in [1.165, 1.54) is 0 Å². The van der Waals surface area contributed by atoms with Gasteiger partial charge in [-0.2, -0.15) is 5.26 Å². The molecule has 0 radical (unpaired) electrons. The Morgan fingerprint density at radius 2 is 2.00 bits per heavy atom. The van der Waals surface area contributed by atoms with Gasteiger partial charge in [-0.1, -0.05) is 43.7 Å². The molecule has 0 aliphatic rings. The molecule has 0 aliphatic carbocycles. The highest BCUT2D eigenvalue weighted by Crippen LogP contribution is 2.30. The zero-order valence-corrected chi connectivity index (χ0v) is 15.8. The predicted octanol–water partition coefficient (Wildman–Crippen LogP) is 4.84. The van der Waals surface area contributed by atoms with Crippen molar-refractivity contribution in [3.63, 3.8) is 0 Å². The number of fused-ring (bicyclic) bond motifs is 1. The van der Waals surface area contributed by atoms with Gasteiger partial charge in [0.05, 0.1) is 19.4 Å². The number of nitriles is 1. The normalized spacial score (nSPS) is 11.2. The van der Waals surface area contributed by atoms with Gasteiger partial charge in [0.2, 0.25) is 0 Å². The van der Waals surface area contributed by atoms with Gasteiger partial charge in [0.25, 0.3) is 5.91 Å². The minimum absolute atomic E-state index is 0.0383. The fourth-order valence-electron chi connectivity index (χ4n) is 2.85. The molecule has 0 bridgehead atoms. The number of carbonyl (C=O) groups excluding carboxylic acids is 1. The first-order chi connectivity index (χ1) is 13.7. The lowest BCUT2D eigenvalue weighted by molar-refractivity contribution is -0.117. The minimum Gasteiger partial charge on any atom is -0.493 e. The highest BCUT2D eigenvalue weighted by molar-refractivity contribution is 6.04. The Kier molecular flexibility index (Phi) is 6.48. The summed E-state index contributed by atoms with van der Waals surface area (Å²) in [6, 6.07) is 17.1. The summed E-state index contributed by atoms with van der Waals surface area (Å²) in [7, 11) is 0. The van der Waals surface area contributed by atoms with Crippen LogP contribution in [0.25, 0.3) is 16.8 Å². The average molecular weight is 374 g/mol. The summed E-state index contributed by atoms with van der Waals surface area (Å²) in [5.41, 5.74) is 0.833. The second-order valence-corrected chi connectivity index (χ2v) is 6.33. The van der Waals surface area contributed by atoms with E-state index in [0.29, 0.717) is 12.4 Å². The van der Waals surface area contributed by atoms with Gasteiger partial charge >= 0.3 is 0 Å². The molecule has 5 nitrogen and oxygen atoms in total. The van der Waals surface area contributed by atoms with E-state index in [2.05, 4.69) is 12.2 Å². The first kappa shape index (κ1) is 19.2. The fourth-order valence-corrected chi connectivity index (χ4v) is 2.85. The molecule has 3 rings (SSSR count). The molecule has 0 atom stereocenters. The van der Waals surface area contributed by atoms with Gasteiger partial charge in [0.1, 0.15) is 23.2 Å². The number of benzene rings is 2. The summed E-state index contributed by atoms with van der Waals surface area (Å²) in [6.07, 6.45) is 5.20. The first-order valence-corrected chi connectivity index (χ1v) is 9.30. The van der Waals surface area contributed by atoms with Crippen molar-refractivity contribution in [2.45, 2.75) is 26.3 Å². The Hall–Kier alpha value is -3.52. The molecule has 0 fully saturated rings. The minimum atomic E-state index is -0.439. The lowest BCUT2D eigenvalue weighted by Crippen LogP contribution is -2.23. The van der Waals surface area contributed by atoms with Crippen molar-refractivity contribution in [1.29, 1.82) is 5.26 Å². The number of carbonyl (C=O) groups is 1. The van der Waals surface area contributed by atoms with Gasteiger partial charge in [0, 0.05) is 5.39 Å². The predicted molar refractivity (Wildman–Crippen MR) is 108 cm³/mol. The number of hydrogen-bond acceptors (Lipinski definition) is 4. The maximum atomic E-state index is 12.4. The highest BCUT2D eigenvalue weighted by atomic mass is 16.5. The van der Waals surface area contributed by atoms with Crippen LogP contribution in [0, 0.1) is 11.3 Å².